The van der Waals surface area contributed by atoms with Crippen molar-refractivity contribution in [2.75, 3.05) is 11.9 Å². The molecule has 98 valence electrons. The lowest BCUT2D eigenvalue weighted by atomic mass is 9.85. The third kappa shape index (κ3) is 4.60. The molecule has 0 aliphatic carbocycles. The second-order valence-electron chi connectivity index (χ2n) is 5.41. The summed E-state index contributed by atoms with van der Waals surface area (Å²) in [6.07, 6.45) is 2.99. The number of rotatable bonds is 6. The van der Waals surface area contributed by atoms with E-state index < -0.39 is 0 Å². The number of nitrogens with one attached hydrogen (secondary N) is 1. The molecule has 1 atom stereocenters. The van der Waals surface area contributed by atoms with Crippen LogP contribution in [0.15, 0.2) is 0 Å². The molecule has 0 aromatic carbocycles. The first kappa shape index (κ1) is 14.4. The van der Waals surface area contributed by atoms with Crippen LogP contribution in [0.2, 0.25) is 0 Å². The van der Waals surface area contributed by atoms with Crippen LogP contribution < -0.4 is 11.1 Å². The smallest absolute Gasteiger partial charge is 0.202 e. The summed E-state index contributed by atoms with van der Waals surface area (Å²) in [5, 5.41) is 4.38. The summed E-state index contributed by atoms with van der Waals surface area (Å²) in [5.74, 6) is 0.945. The molecule has 0 fully saturated rings. The van der Waals surface area contributed by atoms with Crippen LogP contribution in [0.1, 0.15) is 46.4 Å². The number of aromatic nitrogens is 2. The first-order valence-electron chi connectivity index (χ1n) is 6.26. The van der Waals surface area contributed by atoms with Crippen molar-refractivity contribution in [2.45, 2.75) is 53.0 Å². The van der Waals surface area contributed by atoms with Gasteiger partial charge in [0.25, 0.3) is 0 Å². The maximum atomic E-state index is 5.66. The Kier molecular flexibility index (Phi) is 5.33. The van der Waals surface area contributed by atoms with Gasteiger partial charge in [-0.25, -0.2) is 4.98 Å². The minimum absolute atomic E-state index is 0.177. The monoisotopic (exact) mass is 256 g/mol. The summed E-state index contributed by atoms with van der Waals surface area (Å²) in [6.45, 7) is 9.48. The van der Waals surface area contributed by atoms with Crippen molar-refractivity contribution in [2.24, 2.45) is 11.1 Å². The fourth-order valence-corrected chi connectivity index (χ4v) is 2.34. The third-order valence-electron chi connectivity index (χ3n) is 2.74. The van der Waals surface area contributed by atoms with E-state index in [0.29, 0.717) is 12.6 Å². The van der Waals surface area contributed by atoms with Crippen molar-refractivity contribution in [3.05, 3.63) is 5.82 Å². The van der Waals surface area contributed by atoms with Gasteiger partial charge in [-0.05, 0) is 24.8 Å². The zero-order chi connectivity index (χ0) is 12.9. The second kappa shape index (κ2) is 6.31. The maximum absolute atomic E-state index is 5.66. The predicted molar refractivity (Wildman–Crippen MR) is 74.4 cm³/mol. The second-order valence-corrected chi connectivity index (χ2v) is 6.16. The number of nitrogens with zero attached hydrogens (tertiary/aromatic N) is 2. The van der Waals surface area contributed by atoms with Crippen molar-refractivity contribution in [1.82, 2.24) is 9.36 Å². The fourth-order valence-electron chi connectivity index (χ4n) is 1.68. The van der Waals surface area contributed by atoms with Crippen molar-refractivity contribution in [3.8, 4) is 0 Å². The van der Waals surface area contributed by atoms with E-state index in [1.165, 1.54) is 11.5 Å². The van der Waals surface area contributed by atoms with Crippen LogP contribution in [-0.2, 0) is 6.42 Å². The fraction of sp³-hybridized carbons (Fsp3) is 0.833. The Hall–Kier alpha value is -0.680. The summed E-state index contributed by atoms with van der Waals surface area (Å²) in [5.41, 5.74) is 5.84. The van der Waals surface area contributed by atoms with Gasteiger partial charge in [0.1, 0.15) is 5.82 Å². The lowest BCUT2D eigenvalue weighted by Gasteiger charge is -2.30. The average molecular weight is 256 g/mol. The highest BCUT2D eigenvalue weighted by atomic mass is 32.1. The molecule has 0 aliphatic heterocycles. The van der Waals surface area contributed by atoms with Gasteiger partial charge in [-0.3, -0.25) is 0 Å². The van der Waals surface area contributed by atoms with Gasteiger partial charge in [0.15, 0.2) is 0 Å². The Morgan fingerprint density at radius 2 is 2.12 bits per heavy atom. The van der Waals surface area contributed by atoms with Crippen LogP contribution in [0.5, 0.6) is 0 Å². The van der Waals surface area contributed by atoms with Gasteiger partial charge in [0.05, 0.1) is 0 Å². The lowest BCUT2D eigenvalue weighted by Crippen LogP contribution is -2.35. The van der Waals surface area contributed by atoms with E-state index in [2.05, 4.69) is 42.4 Å². The predicted octanol–water partition coefficient (Wildman–Crippen LogP) is 2.67. The molecule has 1 heterocycles. The minimum atomic E-state index is 0.177. The molecule has 4 nitrogen and oxygen atoms in total. The Balaban J connectivity index is 2.65. The van der Waals surface area contributed by atoms with E-state index in [-0.39, 0.29) is 5.41 Å². The topological polar surface area (TPSA) is 63.8 Å². The minimum Gasteiger partial charge on any atom is -0.357 e. The molecule has 1 rings (SSSR count). The number of anilines is 1. The zero-order valence-electron chi connectivity index (χ0n) is 11.3. The van der Waals surface area contributed by atoms with Gasteiger partial charge in [-0.1, -0.05) is 27.7 Å². The van der Waals surface area contributed by atoms with E-state index in [1.807, 2.05) is 0 Å². The SMILES string of the molecule is CCCc1nsc(NC(CCN)C(C)(C)C)n1. The number of nitrogens with two attached hydrogens (primary N) is 1. The van der Waals surface area contributed by atoms with Crippen LogP contribution >= 0.6 is 11.5 Å². The molecule has 0 radical (unpaired) electrons. The molecule has 3 N–H and O–H groups in total. The molecule has 0 spiro atoms. The van der Waals surface area contributed by atoms with Crippen molar-refractivity contribution >= 4 is 16.7 Å². The van der Waals surface area contributed by atoms with Gasteiger partial charge in [-0.15, -0.1) is 0 Å². The number of aryl methyl sites for hydroxylation is 1. The van der Waals surface area contributed by atoms with Crippen LogP contribution in [-0.4, -0.2) is 21.9 Å². The Morgan fingerprint density at radius 3 is 2.65 bits per heavy atom. The first-order chi connectivity index (χ1) is 7.97. The van der Waals surface area contributed by atoms with E-state index in [9.17, 15) is 0 Å². The summed E-state index contributed by atoms with van der Waals surface area (Å²) >= 11 is 1.45. The summed E-state index contributed by atoms with van der Waals surface area (Å²) in [4.78, 5) is 4.49. The quantitative estimate of drug-likeness (QED) is 0.821. The molecule has 1 aromatic heterocycles. The van der Waals surface area contributed by atoms with Crippen molar-refractivity contribution < 1.29 is 0 Å². The Morgan fingerprint density at radius 1 is 1.41 bits per heavy atom. The Labute approximate surface area is 108 Å². The van der Waals surface area contributed by atoms with Gasteiger partial charge in [-0.2, -0.15) is 4.37 Å². The third-order valence-corrected chi connectivity index (χ3v) is 3.42. The van der Waals surface area contributed by atoms with E-state index >= 15 is 0 Å². The van der Waals surface area contributed by atoms with Gasteiger partial charge in [0.2, 0.25) is 5.13 Å². The lowest BCUT2D eigenvalue weighted by molar-refractivity contribution is 0.328. The summed E-state index contributed by atoms with van der Waals surface area (Å²) < 4.78 is 4.34. The van der Waals surface area contributed by atoms with Crippen LogP contribution in [0.4, 0.5) is 5.13 Å². The molecule has 0 saturated carbocycles. The normalized spacial score (nSPS) is 13.7. The molecule has 1 aromatic rings. The van der Waals surface area contributed by atoms with E-state index in [1.54, 1.807) is 0 Å². The zero-order valence-corrected chi connectivity index (χ0v) is 12.1. The average Bonchev–Trinajstić information content (AvgIpc) is 2.64. The number of hydrogen-bond donors (Lipinski definition) is 2. The van der Waals surface area contributed by atoms with Crippen LogP contribution in [0.3, 0.4) is 0 Å². The van der Waals surface area contributed by atoms with Gasteiger partial charge >= 0.3 is 0 Å². The summed E-state index contributed by atoms with van der Waals surface area (Å²) in [6, 6.07) is 0.343. The highest BCUT2D eigenvalue weighted by Crippen LogP contribution is 2.26. The first-order valence-corrected chi connectivity index (χ1v) is 7.04. The standard InChI is InChI=1S/C12H24N4S/c1-5-6-10-15-11(17-16-10)14-9(7-8-13)12(2,3)4/h9H,5-8,13H2,1-4H3,(H,14,15,16). The van der Waals surface area contributed by atoms with Crippen molar-refractivity contribution in [1.29, 1.82) is 0 Å². The molecular formula is C12H24N4S. The Bertz CT molecular complexity index is 329. The highest BCUT2D eigenvalue weighted by molar-refractivity contribution is 7.09. The van der Waals surface area contributed by atoms with E-state index in [0.717, 1.165) is 30.2 Å². The van der Waals surface area contributed by atoms with Crippen LogP contribution in [0, 0.1) is 5.41 Å². The molecule has 0 bridgehead atoms. The molecule has 0 aliphatic rings. The van der Waals surface area contributed by atoms with Crippen molar-refractivity contribution in [3.63, 3.8) is 0 Å². The molecular weight excluding hydrogens is 232 g/mol. The maximum Gasteiger partial charge on any atom is 0.202 e. The number of hydrogen-bond acceptors (Lipinski definition) is 5. The molecule has 0 saturated heterocycles. The van der Waals surface area contributed by atoms with Crippen LogP contribution in [0.25, 0.3) is 0 Å². The van der Waals surface area contributed by atoms with Gasteiger partial charge < -0.3 is 11.1 Å². The molecule has 17 heavy (non-hydrogen) atoms. The largest absolute Gasteiger partial charge is 0.357 e. The van der Waals surface area contributed by atoms with Gasteiger partial charge in [0, 0.05) is 24.0 Å². The molecule has 0 amide bonds. The van der Waals surface area contributed by atoms with E-state index in [4.69, 9.17) is 5.73 Å². The highest BCUT2D eigenvalue weighted by Gasteiger charge is 2.24. The molecule has 1 unspecified atom stereocenters. The molecule has 5 heteroatoms. The summed E-state index contributed by atoms with van der Waals surface area (Å²) in [7, 11) is 0.